The fourth-order valence-electron chi connectivity index (χ4n) is 1.38. The molecule has 88 valence electrons. The van der Waals surface area contributed by atoms with Crippen LogP contribution in [0.4, 0.5) is 0 Å². The van der Waals surface area contributed by atoms with Gasteiger partial charge in [0.2, 0.25) is 0 Å². The van der Waals surface area contributed by atoms with Crippen LogP contribution >= 0.6 is 34.5 Å². The van der Waals surface area contributed by atoms with Gasteiger partial charge in [0.05, 0.1) is 27.5 Å². The molecule has 0 saturated carbocycles. The molecule has 0 radical (unpaired) electrons. The van der Waals surface area contributed by atoms with E-state index in [4.69, 9.17) is 23.2 Å². The molecule has 0 spiro atoms. The zero-order chi connectivity index (χ0) is 12.4. The largest absolute Gasteiger partial charge is 0.464 e. The first kappa shape index (κ1) is 12.4. The minimum absolute atomic E-state index is 0.229. The molecule has 17 heavy (non-hydrogen) atoms. The zero-order valence-corrected chi connectivity index (χ0v) is 11.1. The SMILES string of the molecule is COC(=O)c1ncsc1-c1c(Cl)cccc1Cl. The highest BCUT2D eigenvalue weighted by Crippen LogP contribution is 2.38. The summed E-state index contributed by atoms with van der Waals surface area (Å²) in [7, 11) is 1.31. The van der Waals surface area contributed by atoms with Gasteiger partial charge >= 0.3 is 5.97 Å². The molecule has 0 bridgehead atoms. The number of hydrogen-bond acceptors (Lipinski definition) is 4. The van der Waals surface area contributed by atoms with Gasteiger partial charge in [-0.2, -0.15) is 0 Å². The smallest absolute Gasteiger partial charge is 0.358 e. The molecule has 0 aliphatic heterocycles. The first-order chi connectivity index (χ1) is 8.15. The van der Waals surface area contributed by atoms with Gasteiger partial charge < -0.3 is 4.74 Å². The van der Waals surface area contributed by atoms with Gasteiger partial charge in [-0.25, -0.2) is 9.78 Å². The minimum Gasteiger partial charge on any atom is -0.464 e. The summed E-state index contributed by atoms with van der Waals surface area (Å²) in [5.41, 5.74) is 2.40. The molecule has 1 heterocycles. The molecule has 1 aromatic carbocycles. The van der Waals surface area contributed by atoms with E-state index in [0.29, 0.717) is 20.5 Å². The average Bonchev–Trinajstić information content (AvgIpc) is 2.77. The predicted molar refractivity (Wildman–Crippen MR) is 68.9 cm³/mol. The van der Waals surface area contributed by atoms with Crippen molar-refractivity contribution in [1.82, 2.24) is 4.98 Å². The van der Waals surface area contributed by atoms with Gasteiger partial charge in [0.25, 0.3) is 0 Å². The van der Waals surface area contributed by atoms with Crippen molar-refractivity contribution in [3.8, 4) is 10.4 Å². The fraction of sp³-hybridized carbons (Fsp3) is 0.0909. The lowest BCUT2D eigenvalue weighted by Crippen LogP contribution is -2.03. The Hall–Kier alpha value is -1.10. The van der Waals surface area contributed by atoms with Gasteiger partial charge in [0, 0.05) is 5.56 Å². The number of carbonyl (C=O) groups is 1. The average molecular weight is 288 g/mol. The summed E-state index contributed by atoms with van der Waals surface area (Å²) in [6.45, 7) is 0. The molecule has 6 heteroatoms. The summed E-state index contributed by atoms with van der Waals surface area (Å²) in [6, 6.07) is 5.17. The van der Waals surface area contributed by atoms with Crippen LogP contribution in [-0.4, -0.2) is 18.1 Å². The number of esters is 1. The molecule has 0 aliphatic carbocycles. The monoisotopic (exact) mass is 287 g/mol. The Morgan fingerprint density at radius 3 is 2.59 bits per heavy atom. The number of ether oxygens (including phenoxy) is 1. The van der Waals surface area contributed by atoms with Gasteiger partial charge in [0.1, 0.15) is 0 Å². The summed E-state index contributed by atoms with van der Waals surface area (Å²) in [4.78, 5) is 16.1. The topological polar surface area (TPSA) is 39.2 Å². The molecule has 2 aromatic rings. The maximum absolute atomic E-state index is 11.5. The summed E-state index contributed by atoms with van der Waals surface area (Å²) < 4.78 is 4.66. The van der Waals surface area contributed by atoms with Crippen molar-refractivity contribution in [1.29, 1.82) is 0 Å². The second-order valence-electron chi connectivity index (χ2n) is 3.12. The molecule has 0 fully saturated rings. The Bertz CT molecular complexity index is 548. The van der Waals surface area contributed by atoms with Crippen molar-refractivity contribution in [3.05, 3.63) is 39.4 Å². The normalized spacial score (nSPS) is 10.3. The first-order valence-corrected chi connectivity index (χ1v) is 6.25. The second kappa shape index (κ2) is 5.04. The third-order valence-corrected chi connectivity index (χ3v) is 3.61. The molecule has 0 aliphatic rings. The number of hydrogen-bond donors (Lipinski definition) is 0. The van der Waals surface area contributed by atoms with E-state index < -0.39 is 5.97 Å². The molecule has 0 unspecified atom stereocenters. The maximum Gasteiger partial charge on any atom is 0.358 e. The van der Waals surface area contributed by atoms with Crippen LogP contribution in [0, 0.1) is 0 Å². The zero-order valence-electron chi connectivity index (χ0n) is 8.74. The van der Waals surface area contributed by atoms with E-state index >= 15 is 0 Å². The number of halogens is 2. The van der Waals surface area contributed by atoms with Crippen LogP contribution in [-0.2, 0) is 4.74 Å². The van der Waals surface area contributed by atoms with Crippen molar-refractivity contribution >= 4 is 40.5 Å². The van der Waals surface area contributed by atoms with E-state index in [0.717, 1.165) is 0 Å². The number of rotatable bonds is 2. The minimum atomic E-state index is -0.503. The van der Waals surface area contributed by atoms with Crippen LogP contribution in [0.2, 0.25) is 10.0 Å². The third kappa shape index (κ3) is 2.29. The number of methoxy groups -OCH3 is 1. The van der Waals surface area contributed by atoms with Gasteiger partial charge in [0.15, 0.2) is 5.69 Å². The second-order valence-corrected chi connectivity index (χ2v) is 4.79. The standard InChI is InChI=1S/C11H7Cl2NO2S/c1-16-11(15)9-10(17-5-14-9)8-6(12)3-2-4-7(8)13/h2-5H,1H3. The number of carbonyl (C=O) groups excluding carboxylic acids is 1. The number of nitrogens with zero attached hydrogens (tertiary/aromatic N) is 1. The predicted octanol–water partition coefficient (Wildman–Crippen LogP) is 3.90. The molecular weight excluding hydrogens is 281 g/mol. The first-order valence-electron chi connectivity index (χ1n) is 4.61. The number of benzene rings is 1. The van der Waals surface area contributed by atoms with Gasteiger partial charge in [-0.15, -0.1) is 11.3 Å². The van der Waals surface area contributed by atoms with E-state index in [2.05, 4.69) is 9.72 Å². The molecule has 3 nitrogen and oxygen atoms in total. The van der Waals surface area contributed by atoms with Crippen LogP contribution in [0.1, 0.15) is 10.5 Å². The fourth-order valence-corrected chi connectivity index (χ4v) is 2.93. The van der Waals surface area contributed by atoms with E-state index in [9.17, 15) is 4.79 Å². The van der Waals surface area contributed by atoms with E-state index in [1.54, 1.807) is 23.7 Å². The van der Waals surface area contributed by atoms with Crippen molar-refractivity contribution in [2.75, 3.05) is 7.11 Å². The van der Waals surface area contributed by atoms with Crippen molar-refractivity contribution in [2.24, 2.45) is 0 Å². The Balaban J connectivity index is 2.62. The van der Waals surface area contributed by atoms with Crippen LogP contribution in [0.15, 0.2) is 23.7 Å². The Morgan fingerprint density at radius 2 is 2.00 bits per heavy atom. The molecule has 2 rings (SSSR count). The highest BCUT2D eigenvalue weighted by Gasteiger charge is 2.20. The summed E-state index contributed by atoms with van der Waals surface area (Å²) in [5, 5.41) is 0.957. The van der Waals surface area contributed by atoms with Crippen LogP contribution < -0.4 is 0 Å². The lowest BCUT2D eigenvalue weighted by molar-refractivity contribution is 0.0596. The molecule has 0 amide bonds. The number of aromatic nitrogens is 1. The lowest BCUT2D eigenvalue weighted by atomic mass is 10.1. The van der Waals surface area contributed by atoms with Crippen LogP contribution in [0.25, 0.3) is 10.4 Å². The van der Waals surface area contributed by atoms with E-state index in [1.165, 1.54) is 18.4 Å². The molecular formula is C11H7Cl2NO2S. The molecule has 1 aromatic heterocycles. The summed E-state index contributed by atoms with van der Waals surface area (Å²) in [6.07, 6.45) is 0. The summed E-state index contributed by atoms with van der Waals surface area (Å²) in [5.74, 6) is -0.503. The maximum atomic E-state index is 11.5. The quantitative estimate of drug-likeness (QED) is 0.787. The molecule has 0 atom stereocenters. The Labute approximate surface area is 112 Å². The molecule has 0 N–H and O–H groups in total. The van der Waals surface area contributed by atoms with Crippen molar-refractivity contribution < 1.29 is 9.53 Å². The summed E-state index contributed by atoms with van der Waals surface area (Å²) >= 11 is 13.5. The lowest BCUT2D eigenvalue weighted by Gasteiger charge is -2.05. The van der Waals surface area contributed by atoms with Crippen molar-refractivity contribution in [3.63, 3.8) is 0 Å². The van der Waals surface area contributed by atoms with Crippen LogP contribution in [0.3, 0.4) is 0 Å². The van der Waals surface area contributed by atoms with Crippen LogP contribution in [0.5, 0.6) is 0 Å². The third-order valence-electron chi connectivity index (χ3n) is 2.14. The highest BCUT2D eigenvalue weighted by atomic mass is 35.5. The van der Waals surface area contributed by atoms with Crippen molar-refractivity contribution in [2.45, 2.75) is 0 Å². The Morgan fingerprint density at radius 1 is 1.35 bits per heavy atom. The highest BCUT2D eigenvalue weighted by molar-refractivity contribution is 7.13. The van der Waals surface area contributed by atoms with Gasteiger partial charge in [-0.05, 0) is 12.1 Å². The Kier molecular flexibility index (Phi) is 3.66. The van der Waals surface area contributed by atoms with E-state index in [-0.39, 0.29) is 5.69 Å². The molecule has 0 saturated heterocycles. The van der Waals surface area contributed by atoms with Gasteiger partial charge in [-0.3, -0.25) is 0 Å². The van der Waals surface area contributed by atoms with E-state index in [1.807, 2.05) is 0 Å². The van der Waals surface area contributed by atoms with Gasteiger partial charge in [-0.1, -0.05) is 29.3 Å². The number of thiazole rings is 1.